The number of aromatic nitrogens is 3. The Labute approximate surface area is 269 Å². The standard InChI is InChI=1S/C36H51N5O3Si/c1-23(2)45(24(3)4,25(5)6)44-22-26(7)34-33(36(43)40-18-17-27(20-37)21-40)35-38-31(19-32(42)41(35)39-34)30-15-13-29(14-16-30)28-11-9-8-10-12-28/h13-16,19,23-28,39H,8-12,17-18,21-22H2,1-7H3/t26?,27-/m0/s1. The van der Waals surface area contributed by atoms with Crippen LogP contribution in [0.25, 0.3) is 16.9 Å². The molecule has 1 aliphatic heterocycles. The number of H-pyrrole nitrogens is 1. The van der Waals surface area contributed by atoms with E-state index in [0.717, 1.165) is 5.56 Å². The average molecular weight is 630 g/mol. The predicted octanol–water partition coefficient (Wildman–Crippen LogP) is 8.02. The van der Waals surface area contributed by atoms with Crippen LogP contribution in [0.5, 0.6) is 0 Å². The smallest absolute Gasteiger partial charge is 0.273 e. The molecule has 0 bridgehead atoms. The molecule has 1 amide bonds. The Balaban J connectivity index is 1.55. The maximum Gasteiger partial charge on any atom is 0.273 e. The van der Waals surface area contributed by atoms with Crippen molar-refractivity contribution in [3.8, 4) is 17.3 Å². The molecule has 8 nitrogen and oxygen atoms in total. The van der Waals surface area contributed by atoms with Crippen LogP contribution in [0, 0.1) is 17.2 Å². The number of hydrogen-bond donors (Lipinski definition) is 1. The van der Waals surface area contributed by atoms with Crippen LogP contribution in [0.1, 0.15) is 120 Å². The largest absolute Gasteiger partial charge is 0.415 e. The second-order valence-corrected chi connectivity index (χ2v) is 19.9. The third kappa shape index (κ3) is 6.41. The molecule has 5 rings (SSSR count). The van der Waals surface area contributed by atoms with Crippen LogP contribution >= 0.6 is 0 Å². The highest BCUT2D eigenvalue weighted by atomic mass is 28.4. The molecule has 242 valence electrons. The van der Waals surface area contributed by atoms with Crippen LogP contribution in [0.4, 0.5) is 0 Å². The molecule has 1 saturated heterocycles. The third-order valence-corrected chi connectivity index (χ3v) is 16.7. The Morgan fingerprint density at radius 2 is 1.67 bits per heavy atom. The maximum absolute atomic E-state index is 14.2. The van der Waals surface area contributed by atoms with Gasteiger partial charge >= 0.3 is 0 Å². The Kier molecular flexibility index (Phi) is 10.0. The molecule has 2 fully saturated rings. The van der Waals surface area contributed by atoms with E-state index in [4.69, 9.17) is 9.41 Å². The summed E-state index contributed by atoms with van der Waals surface area (Å²) in [5.41, 5.74) is 5.19. The number of nitrogens with zero attached hydrogens (tertiary/aromatic N) is 4. The molecule has 3 aromatic rings. The Morgan fingerprint density at radius 3 is 2.24 bits per heavy atom. The van der Waals surface area contributed by atoms with E-state index in [1.54, 1.807) is 11.0 Å². The molecule has 1 aliphatic carbocycles. The second-order valence-electron chi connectivity index (χ2n) is 14.4. The molecular formula is C36H51N5O3Si. The topological polar surface area (TPSA) is 103 Å². The summed E-state index contributed by atoms with van der Waals surface area (Å²) < 4.78 is 8.36. The van der Waals surface area contributed by atoms with E-state index in [1.807, 2.05) is 0 Å². The zero-order valence-electron chi connectivity index (χ0n) is 28.2. The first-order valence-corrected chi connectivity index (χ1v) is 19.2. The first kappa shape index (κ1) is 33.1. The number of nitrogens with one attached hydrogen (secondary N) is 1. The minimum atomic E-state index is -2.16. The van der Waals surface area contributed by atoms with Gasteiger partial charge in [0.2, 0.25) is 0 Å². The highest BCUT2D eigenvalue weighted by molar-refractivity contribution is 6.77. The molecule has 45 heavy (non-hydrogen) atoms. The summed E-state index contributed by atoms with van der Waals surface area (Å²) in [6, 6.07) is 12.3. The Hall–Kier alpha value is -3.22. The highest BCUT2D eigenvalue weighted by Gasteiger charge is 2.45. The number of fused-ring (bicyclic) bond motifs is 1. The summed E-state index contributed by atoms with van der Waals surface area (Å²) >= 11 is 0. The number of amides is 1. The van der Waals surface area contributed by atoms with Crippen LogP contribution in [0.3, 0.4) is 0 Å². The number of hydrogen-bond acceptors (Lipinski definition) is 5. The summed E-state index contributed by atoms with van der Waals surface area (Å²) in [6.07, 6.45) is 6.97. The Bertz CT molecular complexity index is 1570. The van der Waals surface area contributed by atoms with E-state index >= 15 is 0 Å². The summed E-state index contributed by atoms with van der Waals surface area (Å²) in [4.78, 5) is 34.5. The molecule has 2 aromatic heterocycles. The lowest BCUT2D eigenvalue weighted by Crippen LogP contribution is -2.48. The van der Waals surface area contributed by atoms with Crippen LogP contribution < -0.4 is 5.56 Å². The van der Waals surface area contributed by atoms with Crippen molar-refractivity contribution in [1.82, 2.24) is 19.5 Å². The molecule has 0 spiro atoms. The van der Waals surface area contributed by atoms with Gasteiger partial charge in [0, 0.05) is 37.2 Å². The van der Waals surface area contributed by atoms with Gasteiger partial charge in [-0.3, -0.25) is 14.7 Å². The van der Waals surface area contributed by atoms with Crippen molar-refractivity contribution in [1.29, 1.82) is 5.26 Å². The molecule has 1 saturated carbocycles. The SMILES string of the molecule is CC(CO[Si](C(C)C)(C(C)C)C(C)C)c1[nH]n2c(=O)cc(-c3ccc(C4CCCCC4)cc3)nc2c1C(=O)N1CC[C@@H](C#N)C1. The van der Waals surface area contributed by atoms with Crippen molar-refractivity contribution < 1.29 is 9.22 Å². The molecule has 9 heteroatoms. The molecule has 2 atom stereocenters. The van der Waals surface area contributed by atoms with Crippen molar-refractivity contribution in [2.24, 2.45) is 5.92 Å². The first-order valence-electron chi connectivity index (χ1n) is 17.1. The van der Waals surface area contributed by atoms with Gasteiger partial charge in [0.25, 0.3) is 11.5 Å². The van der Waals surface area contributed by atoms with Gasteiger partial charge < -0.3 is 9.33 Å². The fraction of sp³-hybridized carbons (Fsp3) is 0.611. The molecular weight excluding hydrogens is 579 g/mol. The van der Waals surface area contributed by atoms with Gasteiger partial charge in [0.05, 0.1) is 23.4 Å². The number of likely N-dealkylation sites (tertiary alicyclic amines) is 1. The maximum atomic E-state index is 14.2. The number of carbonyl (C=O) groups is 1. The number of aromatic amines is 1. The Morgan fingerprint density at radius 1 is 1.02 bits per heavy atom. The van der Waals surface area contributed by atoms with Gasteiger partial charge in [-0.2, -0.15) is 5.26 Å². The van der Waals surface area contributed by atoms with E-state index in [-0.39, 0.29) is 23.3 Å². The zero-order valence-corrected chi connectivity index (χ0v) is 29.2. The van der Waals surface area contributed by atoms with Crippen molar-refractivity contribution in [2.45, 2.75) is 115 Å². The van der Waals surface area contributed by atoms with E-state index in [1.165, 1.54) is 42.2 Å². The lowest BCUT2D eigenvalue weighted by Gasteiger charge is -2.42. The molecule has 1 N–H and O–H groups in total. The quantitative estimate of drug-likeness (QED) is 0.229. The van der Waals surface area contributed by atoms with Crippen LogP contribution in [-0.4, -0.2) is 53.4 Å². The van der Waals surface area contributed by atoms with Crippen LogP contribution in [0.2, 0.25) is 16.6 Å². The van der Waals surface area contributed by atoms with Gasteiger partial charge in [-0.15, -0.1) is 0 Å². The van der Waals surface area contributed by atoms with Crippen LogP contribution in [0.15, 0.2) is 35.1 Å². The summed E-state index contributed by atoms with van der Waals surface area (Å²) in [5, 5.41) is 12.8. The monoisotopic (exact) mass is 629 g/mol. The van der Waals surface area contributed by atoms with E-state index in [9.17, 15) is 14.9 Å². The molecule has 0 radical (unpaired) electrons. The molecule has 3 heterocycles. The van der Waals surface area contributed by atoms with E-state index in [0.29, 0.717) is 71.3 Å². The number of nitriles is 1. The van der Waals surface area contributed by atoms with Crippen molar-refractivity contribution in [3.05, 3.63) is 57.5 Å². The minimum Gasteiger partial charge on any atom is -0.415 e. The highest BCUT2D eigenvalue weighted by Crippen LogP contribution is 2.43. The second kappa shape index (κ2) is 13.6. The number of benzene rings is 1. The van der Waals surface area contributed by atoms with Crippen molar-refractivity contribution >= 4 is 19.9 Å². The van der Waals surface area contributed by atoms with E-state index < -0.39 is 8.32 Å². The number of rotatable bonds is 10. The van der Waals surface area contributed by atoms with Gasteiger partial charge in [-0.1, -0.05) is 92.0 Å². The normalized spacial score (nSPS) is 18.8. The van der Waals surface area contributed by atoms with Gasteiger partial charge in [0.1, 0.15) is 5.56 Å². The zero-order chi connectivity index (χ0) is 32.5. The molecule has 1 unspecified atom stereocenters. The van der Waals surface area contributed by atoms with Crippen molar-refractivity contribution in [3.63, 3.8) is 0 Å². The van der Waals surface area contributed by atoms with Gasteiger partial charge in [-0.05, 0) is 47.4 Å². The van der Waals surface area contributed by atoms with Gasteiger partial charge in [0.15, 0.2) is 14.0 Å². The van der Waals surface area contributed by atoms with Crippen molar-refractivity contribution in [2.75, 3.05) is 19.7 Å². The fourth-order valence-corrected chi connectivity index (χ4v) is 13.7. The molecule has 2 aliphatic rings. The summed E-state index contributed by atoms with van der Waals surface area (Å²) in [7, 11) is -2.16. The minimum absolute atomic E-state index is 0.180. The third-order valence-electron chi connectivity index (χ3n) is 10.6. The summed E-state index contributed by atoms with van der Waals surface area (Å²) in [6.45, 7) is 17.0. The van der Waals surface area contributed by atoms with Gasteiger partial charge in [-0.25, -0.2) is 9.50 Å². The number of carbonyl (C=O) groups excluding carboxylic acids is 1. The average Bonchev–Trinajstić information content (AvgIpc) is 3.67. The summed E-state index contributed by atoms with van der Waals surface area (Å²) in [5.74, 6) is 0.0357. The first-order chi connectivity index (χ1) is 21.5. The predicted molar refractivity (Wildman–Crippen MR) is 182 cm³/mol. The fourth-order valence-electron chi connectivity index (χ4n) is 8.19. The molecule has 1 aromatic carbocycles. The lowest BCUT2D eigenvalue weighted by atomic mass is 9.84. The lowest BCUT2D eigenvalue weighted by molar-refractivity contribution is 0.0789. The van der Waals surface area contributed by atoms with Crippen LogP contribution in [-0.2, 0) is 4.43 Å². The van der Waals surface area contributed by atoms with E-state index in [2.05, 4.69) is 83.9 Å².